The van der Waals surface area contributed by atoms with Gasteiger partial charge in [0.1, 0.15) is 4.90 Å². The van der Waals surface area contributed by atoms with Crippen LogP contribution in [0.25, 0.3) is 0 Å². The van der Waals surface area contributed by atoms with Crippen molar-refractivity contribution in [1.29, 1.82) is 0 Å². The molecule has 0 amide bonds. The van der Waals surface area contributed by atoms with Gasteiger partial charge in [0, 0.05) is 32.9 Å². The number of hydrogen-bond donors (Lipinski definition) is 1. The summed E-state index contributed by atoms with van der Waals surface area (Å²) in [7, 11) is -0.0971. The highest BCUT2D eigenvalue weighted by molar-refractivity contribution is 7.89. The molecule has 0 fully saturated rings. The smallest absolute Gasteiger partial charge is 0.246 e. The van der Waals surface area contributed by atoms with Crippen LogP contribution in [0.4, 0.5) is 0 Å². The summed E-state index contributed by atoms with van der Waals surface area (Å²) in [5.74, 6) is 0. The molecule has 0 atom stereocenters. The van der Waals surface area contributed by atoms with Crippen LogP contribution in [0.3, 0.4) is 0 Å². The maximum atomic E-state index is 12.2. The molecular weight excluding hydrogens is 268 g/mol. The van der Waals surface area contributed by atoms with Gasteiger partial charge >= 0.3 is 0 Å². The van der Waals surface area contributed by atoms with Gasteiger partial charge in [-0.3, -0.25) is 4.68 Å². The fourth-order valence-corrected chi connectivity index (χ4v) is 2.57. The van der Waals surface area contributed by atoms with E-state index in [1.54, 1.807) is 17.9 Å². The number of nitrogens with zero attached hydrogens (tertiary/aromatic N) is 3. The molecule has 0 bridgehead atoms. The second kappa shape index (κ2) is 7.59. The minimum atomic E-state index is -3.47. The Kier molecular flexibility index (Phi) is 6.43. The Morgan fingerprint density at radius 1 is 1.53 bits per heavy atom. The number of likely N-dealkylation sites (N-methyl/N-ethyl adjacent to an activating group) is 2. The standard InChI is InChI=1S/C11H22N4O3S/c1-4-18-8-7-14(3)19(16,17)11-9-13-15(10-11)6-5-12-2/h9-10,12H,4-8H2,1-3H3. The predicted octanol–water partition coefficient (Wildman–Crippen LogP) is -0.240. The molecule has 0 spiro atoms. The summed E-state index contributed by atoms with van der Waals surface area (Å²) in [5.41, 5.74) is 0. The molecule has 0 aliphatic rings. The lowest BCUT2D eigenvalue weighted by Gasteiger charge is -2.15. The zero-order chi connectivity index (χ0) is 14.3. The number of nitrogens with one attached hydrogen (secondary N) is 1. The Bertz CT molecular complexity index is 472. The highest BCUT2D eigenvalue weighted by Crippen LogP contribution is 2.12. The zero-order valence-corrected chi connectivity index (χ0v) is 12.5. The molecule has 0 saturated heterocycles. The first-order valence-corrected chi connectivity index (χ1v) is 7.67. The Morgan fingerprint density at radius 3 is 2.89 bits per heavy atom. The number of aromatic nitrogens is 2. The summed E-state index contributed by atoms with van der Waals surface area (Å²) >= 11 is 0. The summed E-state index contributed by atoms with van der Waals surface area (Å²) in [5, 5.41) is 7.02. The predicted molar refractivity (Wildman–Crippen MR) is 72.5 cm³/mol. The third-order valence-electron chi connectivity index (χ3n) is 2.66. The van der Waals surface area contributed by atoms with E-state index < -0.39 is 10.0 Å². The average Bonchev–Trinajstić information content (AvgIpc) is 2.85. The number of hydrogen-bond acceptors (Lipinski definition) is 5. The van der Waals surface area contributed by atoms with Gasteiger partial charge in [-0.1, -0.05) is 0 Å². The number of sulfonamides is 1. The van der Waals surface area contributed by atoms with Gasteiger partial charge in [-0.2, -0.15) is 9.40 Å². The van der Waals surface area contributed by atoms with Crippen LogP contribution in [0.2, 0.25) is 0 Å². The molecule has 0 unspecified atom stereocenters. The lowest BCUT2D eigenvalue weighted by Crippen LogP contribution is -2.30. The molecule has 19 heavy (non-hydrogen) atoms. The van der Waals surface area contributed by atoms with E-state index in [0.29, 0.717) is 26.3 Å². The largest absolute Gasteiger partial charge is 0.380 e. The SMILES string of the molecule is CCOCCN(C)S(=O)(=O)c1cnn(CCNC)c1. The molecule has 7 nitrogen and oxygen atoms in total. The van der Waals surface area contributed by atoms with Crippen molar-refractivity contribution in [2.75, 3.05) is 40.4 Å². The maximum Gasteiger partial charge on any atom is 0.246 e. The Hall–Kier alpha value is -0.960. The second-order valence-corrected chi connectivity index (χ2v) is 6.11. The molecular formula is C11H22N4O3S. The van der Waals surface area contributed by atoms with Gasteiger partial charge in [-0.25, -0.2) is 8.42 Å². The maximum absolute atomic E-state index is 12.2. The van der Waals surface area contributed by atoms with Crippen LogP contribution in [0.15, 0.2) is 17.3 Å². The number of rotatable bonds is 9. The minimum Gasteiger partial charge on any atom is -0.380 e. The molecule has 1 aromatic heterocycles. The fraction of sp³-hybridized carbons (Fsp3) is 0.727. The average molecular weight is 290 g/mol. The first-order valence-electron chi connectivity index (χ1n) is 6.23. The highest BCUT2D eigenvalue weighted by atomic mass is 32.2. The zero-order valence-electron chi connectivity index (χ0n) is 11.7. The van der Waals surface area contributed by atoms with E-state index in [-0.39, 0.29) is 4.90 Å². The van der Waals surface area contributed by atoms with Crippen molar-refractivity contribution in [2.45, 2.75) is 18.4 Å². The Morgan fingerprint density at radius 2 is 2.26 bits per heavy atom. The van der Waals surface area contributed by atoms with Gasteiger partial charge in [0.2, 0.25) is 10.0 Å². The van der Waals surface area contributed by atoms with Crippen molar-refractivity contribution in [1.82, 2.24) is 19.4 Å². The first-order chi connectivity index (χ1) is 9.02. The first kappa shape index (κ1) is 16.1. The van der Waals surface area contributed by atoms with E-state index in [2.05, 4.69) is 10.4 Å². The van der Waals surface area contributed by atoms with Crippen LogP contribution in [-0.2, 0) is 21.3 Å². The van der Waals surface area contributed by atoms with Gasteiger partial charge in [0.15, 0.2) is 0 Å². The molecule has 110 valence electrons. The molecule has 0 aromatic carbocycles. The van der Waals surface area contributed by atoms with E-state index >= 15 is 0 Å². The van der Waals surface area contributed by atoms with Crippen LogP contribution in [0.1, 0.15) is 6.92 Å². The van der Waals surface area contributed by atoms with Gasteiger partial charge < -0.3 is 10.1 Å². The van der Waals surface area contributed by atoms with Crippen LogP contribution < -0.4 is 5.32 Å². The van der Waals surface area contributed by atoms with E-state index in [1.165, 1.54) is 10.5 Å². The summed E-state index contributed by atoms with van der Waals surface area (Å²) < 4.78 is 32.5. The normalized spacial score (nSPS) is 12.2. The van der Waals surface area contributed by atoms with Crippen LogP contribution in [0, 0.1) is 0 Å². The Labute approximate surface area is 114 Å². The van der Waals surface area contributed by atoms with E-state index in [4.69, 9.17) is 4.74 Å². The van der Waals surface area contributed by atoms with Gasteiger partial charge in [-0.05, 0) is 14.0 Å². The second-order valence-electron chi connectivity index (χ2n) is 4.07. The summed E-state index contributed by atoms with van der Waals surface area (Å²) in [6.07, 6.45) is 2.92. The molecule has 0 radical (unpaired) electrons. The van der Waals surface area contributed by atoms with Crippen molar-refractivity contribution < 1.29 is 13.2 Å². The highest BCUT2D eigenvalue weighted by Gasteiger charge is 2.22. The topological polar surface area (TPSA) is 76.5 Å². The third kappa shape index (κ3) is 4.57. The molecule has 0 saturated carbocycles. The summed E-state index contributed by atoms with van der Waals surface area (Å²) in [6.45, 7) is 4.55. The van der Waals surface area contributed by atoms with E-state index in [1.807, 2.05) is 14.0 Å². The van der Waals surface area contributed by atoms with Crippen LogP contribution in [0.5, 0.6) is 0 Å². The Balaban J connectivity index is 2.68. The van der Waals surface area contributed by atoms with Crippen molar-refractivity contribution >= 4 is 10.0 Å². The van der Waals surface area contributed by atoms with Crippen molar-refractivity contribution in [3.05, 3.63) is 12.4 Å². The summed E-state index contributed by atoms with van der Waals surface area (Å²) in [4.78, 5) is 0.211. The third-order valence-corrected chi connectivity index (χ3v) is 4.47. The quantitative estimate of drug-likeness (QED) is 0.635. The fourth-order valence-electron chi connectivity index (χ4n) is 1.46. The van der Waals surface area contributed by atoms with E-state index in [9.17, 15) is 8.42 Å². The van der Waals surface area contributed by atoms with Gasteiger partial charge in [-0.15, -0.1) is 0 Å². The van der Waals surface area contributed by atoms with Gasteiger partial charge in [0.05, 0.1) is 19.3 Å². The lowest BCUT2D eigenvalue weighted by atomic mass is 10.6. The van der Waals surface area contributed by atoms with Crippen LogP contribution >= 0.6 is 0 Å². The molecule has 0 aliphatic carbocycles. The van der Waals surface area contributed by atoms with E-state index in [0.717, 1.165) is 6.54 Å². The van der Waals surface area contributed by atoms with Crippen molar-refractivity contribution in [3.8, 4) is 0 Å². The van der Waals surface area contributed by atoms with Crippen molar-refractivity contribution in [2.24, 2.45) is 0 Å². The molecule has 8 heteroatoms. The molecule has 1 heterocycles. The molecule has 0 aliphatic heterocycles. The lowest BCUT2D eigenvalue weighted by molar-refractivity contribution is 0.138. The van der Waals surface area contributed by atoms with Crippen LogP contribution in [-0.4, -0.2) is 62.9 Å². The molecule has 1 rings (SSSR count). The molecule has 1 aromatic rings. The van der Waals surface area contributed by atoms with Crippen molar-refractivity contribution in [3.63, 3.8) is 0 Å². The van der Waals surface area contributed by atoms with Gasteiger partial charge in [0.25, 0.3) is 0 Å². The monoisotopic (exact) mass is 290 g/mol. The summed E-state index contributed by atoms with van der Waals surface area (Å²) in [6, 6.07) is 0. The minimum absolute atomic E-state index is 0.211. The molecule has 1 N–H and O–H groups in total. The number of ether oxygens (including phenoxy) is 1.